The molecule has 3 N–H and O–H groups in total. The number of piperidine rings is 1. The van der Waals surface area contributed by atoms with E-state index in [1.165, 1.54) is 24.8 Å². The lowest BCUT2D eigenvalue weighted by atomic mass is 9.69. The van der Waals surface area contributed by atoms with E-state index in [0.717, 1.165) is 39.1 Å². The van der Waals surface area contributed by atoms with E-state index in [9.17, 15) is 9.59 Å². The molecular weight excluding hydrogens is 402 g/mol. The van der Waals surface area contributed by atoms with Gasteiger partial charge < -0.3 is 20.9 Å². The molecule has 2 aliphatic heterocycles. The summed E-state index contributed by atoms with van der Waals surface area (Å²) in [6.07, 6.45) is 8.28. The minimum Gasteiger partial charge on any atom is -0.340 e. The van der Waals surface area contributed by atoms with E-state index in [-0.39, 0.29) is 6.03 Å². The summed E-state index contributed by atoms with van der Waals surface area (Å²) in [5.74, 6) is 1.95. The number of hydrogen-bond acceptors (Lipinski definition) is 4. The number of piperazine rings is 1. The molecular formula is C25H45N5O2. The molecule has 0 radical (unpaired) electrons. The number of carbonyl (C=O) groups excluding carboxylic acids is 2. The monoisotopic (exact) mass is 447 g/mol. The second-order valence-corrected chi connectivity index (χ2v) is 10.2. The first-order chi connectivity index (χ1) is 15.4. The molecule has 3 aliphatic rings. The van der Waals surface area contributed by atoms with Crippen LogP contribution in [0.25, 0.3) is 0 Å². The van der Waals surface area contributed by atoms with Crippen LogP contribution in [0, 0.1) is 23.7 Å². The molecule has 0 saturated carbocycles. The van der Waals surface area contributed by atoms with Gasteiger partial charge in [0, 0.05) is 45.7 Å². The van der Waals surface area contributed by atoms with Crippen LogP contribution in [0.3, 0.4) is 0 Å². The first-order valence-corrected chi connectivity index (χ1v) is 12.8. The Morgan fingerprint density at radius 1 is 1.16 bits per heavy atom. The number of allylic oxidation sites excluding steroid dienone is 1. The molecule has 7 nitrogen and oxygen atoms in total. The molecule has 3 amide bonds. The zero-order valence-electron chi connectivity index (χ0n) is 20.7. The lowest BCUT2D eigenvalue weighted by molar-refractivity contribution is -0.134. The molecule has 0 bridgehead atoms. The van der Waals surface area contributed by atoms with Gasteiger partial charge in [-0.1, -0.05) is 25.5 Å². The quantitative estimate of drug-likeness (QED) is 0.525. The summed E-state index contributed by atoms with van der Waals surface area (Å²) in [7, 11) is 0. The van der Waals surface area contributed by atoms with Crippen LogP contribution in [0.15, 0.2) is 11.6 Å². The van der Waals surface area contributed by atoms with Gasteiger partial charge in [0.05, 0.1) is 6.17 Å². The minimum absolute atomic E-state index is 0.0964. The van der Waals surface area contributed by atoms with Crippen LogP contribution in [0.2, 0.25) is 0 Å². The van der Waals surface area contributed by atoms with E-state index in [1.54, 1.807) is 0 Å². The summed E-state index contributed by atoms with van der Waals surface area (Å²) in [5, 5.41) is 9.46. The molecule has 32 heavy (non-hydrogen) atoms. The maximum absolute atomic E-state index is 13.1. The van der Waals surface area contributed by atoms with Gasteiger partial charge in [-0.3, -0.25) is 9.69 Å². The summed E-state index contributed by atoms with van der Waals surface area (Å²) in [6.45, 7) is 14.7. The summed E-state index contributed by atoms with van der Waals surface area (Å²) >= 11 is 0. The highest BCUT2D eigenvalue weighted by atomic mass is 16.2. The Balaban J connectivity index is 1.52. The van der Waals surface area contributed by atoms with Crippen molar-refractivity contribution in [1.29, 1.82) is 0 Å². The SMILES string of the molecule is CCNC(=O)NCC1C=C(C)C(CC(=O)N2CCN(C3CCCCN3)CC2)CC1C(C)C. The van der Waals surface area contributed by atoms with Crippen LogP contribution >= 0.6 is 0 Å². The molecule has 3 rings (SSSR count). The van der Waals surface area contributed by atoms with Gasteiger partial charge in [0.25, 0.3) is 0 Å². The van der Waals surface area contributed by atoms with Crippen LogP contribution in [0.5, 0.6) is 0 Å². The van der Waals surface area contributed by atoms with Crippen molar-refractivity contribution in [3.05, 3.63) is 11.6 Å². The van der Waals surface area contributed by atoms with Crippen molar-refractivity contribution in [1.82, 2.24) is 25.8 Å². The smallest absolute Gasteiger partial charge is 0.314 e. The number of urea groups is 1. The van der Waals surface area contributed by atoms with Gasteiger partial charge in [0.15, 0.2) is 0 Å². The van der Waals surface area contributed by atoms with Crippen LogP contribution in [0.1, 0.15) is 59.8 Å². The summed E-state index contributed by atoms with van der Waals surface area (Å²) < 4.78 is 0. The van der Waals surface area contributed by atoms with Gasteiger partial charge in [0.1, 0.15) is 0 Å². The first kappa shape index (κ1) is 25.0. The lowest BCUT2D eigenvalue weighted by Gasteiger charge is -2.42. The van der Waals surface area contributed by atoms with E-state index in [4.69, 9.17) is 0 Å². The van der Waals surface area contributed by atoms with Gasteiger partial charge in [-0.2, -0.15) is 0 Å². The predicted octanol–water partition coefficient (Wildman–Crippen LogP) is 2.79. The number of rotatable bonds is 7. The average Bonchev–Trinajstić information content (AvgIpc) is 2.79. The first-order valence-electron chi connectivity index (χ1n) is 12.8. The van der Waals surface area contributed by atoms with Crippen LogP contribution in [0.4, 0.5) is 4.79 Å². The largest absolute Gasteiger partial charge is 0.340 e. The Morgan fingerprint density at radius 2 is 1.91 bits per heavy atom. The fraction of sp³-hybridized carbons (Fsp3) is 0.840. The summed E-state index contributed by atoms with van der Waals surface area (Å²) in [4.78, 5) is 29.6. The fourth-order valence-corrected chi connectivity index (χ4v) is 5.71. The molecule has 4 atom stereocenters. The molecule has 0 aromatic heterocycles. The highest BCUT2D eigenvalue weighted by Crippen LogP contribution is 2.39. The lowest BCUT2D eigenvalue weighted by Crippen LogP contribution is -2.57. The molecule has 2 fully saturated rings. The number of amides is 3. The Kier molecular flexibility index (Phi) is 9.41. The van der Waals surface area contributed by atoms with Gasteiger partial charge in [-0.25, -0.2) is 4.79 Å². The fourth-order valence-electron chi connectivity index (χ4n) is 5.71. The Hall–Kier alpha value is -1.60. The zero-order chi connectivity index (χ0) is 23.1. The number of carbonyl (C=O) groups is 2. The van der Waals surface area contributed by atoms with Crippen LogP contribution < -0.4 is 16.0 Å². The topological polar surface area (TPSA) is 76.7 Å². The Morgan fingerprint density at radius 3 is 2.53 bits per heavy atom. The standard InChI is InChI=1S/C25H45N5O2/c1-5-26-25(32)28-17-21-14-19(4)20(15-22(21)18(2)3)16-24(31)30-12-10-29(11-13-30)23-8-6-7-9-27-23/h14,18,20-23,27H,5-13,15-17H2,1-4H3,(H2,26,28,32). The van der Waals surface area contributed by atoms with E-state index < -0.39 is 0 Å². The molecule has 2 saturated heterocycles. The average molecular weight is 448 g/mol. The van der Waals surface area contributed by atoms with E-state index in [0.29, 0.717) is 55.3 Å². The molecule has 7 heteroatoms. The Labute approximate surface area is 194 Å². The molecule has 0 aromatic carbocycles. The third kappa shape index (κ3) is 6.70. The van der Waals surface area contributed by atoms with E-state index in [2.05, 4.69) is 52.6 Å². The molecule has 1 aliphatic carbocycles. The predicted molar refractivity (Wildman–Crippen MR) is 129 cm³/mol. The highest BCUT2D eigenvalue weighted by Gasteiger charge is 2.34. The van der Waals surface area contributed by atoms with Gasteiger partial charge in [-0.05, 0) is 69.7 Å². The van der Waals surface area contributed by atoms with Crippen LogP contribution in [-0.2, 0) is 4.79 Å². The minimum atomic E-state index is -0.0964. The number of hydrogen-bond donors (Lipinski definition) is 3. The van der Waals surface area contributed by atoms with Crippen molar-refractivity contribution in [3.8, 4) is 0 Å². The molecule has 4 unspecified atom stereocenters. The number of nitrogens with zero attached hydrogens (tertiary/aromatic N) is 2. The van der Waals surface area contributed by atoms with E-state index in [1.807, 2.05) is 6.92 Å². The van der Waals surface area contributed by atoms with Gasteiger partial charge in [-0.15, -0.1) is 0 Å². The summed E-state index contributed by atoms with van der Waals surface area (Å²) in [5.41, 5.74) is 1.31. The molecule has 2 heterocycles. The maximum Gasteiger partial charge on any atom is 0.314 e. The molecule has 182 valence electrons. The maximum atomic E-state index is 13.1. The van der Waals surface area contributed by atoms with Crippen molar-refractivity contribution in [3.63, 3.8) is 0 Å². The third-order valence-electron chi connectivity index (χ3n) is 7.73. The van der Waals surface area contributed by atoms with Crippen molar-refractivity contribution in [2.75, 3.05) is 45.8 Å². The number of nitrogens with one attached hydrogen (secondary N) is 3. The van der Waals surface area contributed by atoms with Crippen molar-refractivity contribution < 1.29 is 9.59 Å². The van der Waals surface area contributed by atoms with Gasteiger partial charge in [0.2, 0.25) is 5.91 Å². The normalized spacial score (nSPS) is 29.5. The summed E-state index contributed by atoms with van der Waals surface area (Å²) in [6, 6.07) is -0.0964. The van der Waals surface area contributed by atoms with Crippen LogP contribution in [-0.4, -0.2) is 73.7 Å². The van der Waals surface area contributed by atoms with Crippen molar-refractivity contribution >= 4 is 11.9 Å². The molecule has 0 spiro atoms. The third-order valence-corrected chi connectivity index (χ3v) is 7.73. The Bertz CT molecular complexity index is 651. The second-order valence-electron chi connectivity index (χ2n) is 10.2. The van der Waals surface area contributed by atoms with Crippen molar-refractivity contribution in [2.24, 2.45) is 23.7 Å². The van der Waals surface area contributed by atoms with E-state index >= 15 is 0 Å². The second kappa shape index (κ2) is 12.0. The molecule has 0 aromatic rings. The van der Waals surface area contributed by atoms with Crippen molar-refractivity contribution in [2.45, 2.75) is 66.0 Å². The highest BCUT2D eigenvalue weighted by molar-refractivity contribution is 5.77. The zero-order valence-corrected chi connectivity index (χ0v) is 20.7. The van der Waals surface area contributed by atoms with Gasteiger partial charge >= 0.3 is 6.03 Å².